The fraction of sp³-hybridized carbons (Fsp3) is 0.227. The van der Waals surface area contributed by atoms with Gasteiger partial charge in [-0.15, -0.1) is 11.3 Å². The molecule has 160 valence electrons. The third kappa shape index (κ3) is 3.84. The monoisotopic (exact) mass is 457 g/mol. The zero-order valence-electron chi connectivity index (χ0n) is 17.1. The Morgan fingerprint density at radius 2 is 1.90 bits per heavy atom. The third-order valence-corrected chi connectivity index (χ3v) is 6.35. The Morgan fingerprint density at radius 3 is 2.61 bits per heavy atom. The Bertz CT molecular complexity index is 1170. The topological polar surface area (TPSA) is 80.8 Å². The van der Waals surface area contributed by atoms with Gasteiger partial charge in [0.15, 0.2) is 11.5 Å². The molecule has 0 saturated carbocycles. The molecular formula is C22H20ClN3O4S. The maximum absolute atomic E-state index is 13.1. The second-order valence-electron chi connectivity index (χ2n) is 7.17. The Labute approximate surface area is 188 Å². The normalized spacial score (nSPS) is 18.3. The minimum Gasteiger partial charge on any atom is -0.493 e. The molecule has 4 rings (SSSR count). The number of hydrogen-bond donors (Lipinski definition) is 1. The van der Waals surface area contributed by atoms with Gasteiger partial charge in [-0.25, -0.2) is 9.78 Å². The number of carbonyl (C=O) groups excluding carboxylic acids is 2. The van der Waals surface area contributed by atoms with Crippen molar-refractivity contribution < 1.29 is 19.1 Å². The minimum absolute atomic E-state index is 0.0740. The van der Waals surface area contributed by atoms with E-state index >= 15 is 0 Å². The Hall–Kier alpha value is -3.10. The lowest BCUT2D eigenvalue weighted by Gasteiger charge is -2.22. The first-order chi connectivity index (χ1) is 14.9. The number of imide groups is 1. The van der Waals surface area contributed by atoms with Crippen LogP contribution in [-0.4, -0.2) is 36.0 Å². The van der Waals surface area contributed by atoms with Crippen LogP contribution in [0.25, 0.3) is 10.6 Å². The van der Waals surface area contributed by atoms with E-state index in [9.17, 15) is 9.59 Å². The van der Waals surface area contributed by atoms with Crippen molar-refractivity contribution in [3.05, 3.63) is 64.1 Å². The van der Waals surface area contributed by atoms with Gasteiger partial charge < -0.3 is 14.8 Å². The highest BCUT2D eigenvalue weighted by atomic mass is 35.5. The number of urea groups is 1. The number of aromatic nitrogens is 1. The third-order valence-electron chi connectivity index (χ3n) is 5.18. The van der Waals surface area contributed by atoms with Crippen LogP contribution >= 0.6 is 22.9 Å². The number of nitrogens with zero attached hydrogens (tertiary/aromatic N) is 2. The summed E-state index contributed by atoms with van der Waals surface area (Å²) in [6.45, 7) is 1.75. The van der Waals surface area contributed by atoms with Crippen LogP contribution in [0.15, 0.2) is 47.8 Å². The van der Waals surface area contributed by atoms with Crippen LogP contribution in [0.5, 0.6) is 11.5 Å². The number of amides is 3. The summed E-state index contributed by atoms with van der Waals surface area (Å²) in [4.78, 5) is 31.5. The summed E-state index contributed by atoms with van der Waals surface area (Å²) in [5.41, 5.74) is 0.929. The summed E-state index contributed by atoms with van der Waals surface area (Å²) < 4.78 is 10.6. The maximum atomic E-state index is 13.1. The van der Waals surface area contributed by atoms with E-state index < -0.39 is 11.6 Å². The highest BCUT2D eigenvalue weighted by Crippen LogP contribution is 2.35. The van der Waals surface area contributed by atoms with Crippen molar-refractivity contribution >= 4 is 34.9 Å². The van der Waals surface area contributed by atoms with Crippen LogP contribution < -0.4 is 14.8 Å². The molecule has 1 fully saturated rings. The molecule has 3 amide bonds. The molecule has 0 spiro atoms. The van der Waals surface area contributed by atoms with Crippen molar-refractivity contribution in [3.63, 3.8) is 0 Å². The van der Waals surface area contributed by atoms with E-state index in [1.165, 1.54) is 16.2 Å². The molecule has 1 aliphatic rings. The van der Waals surface area contributed by atoms with Gasteiger partial charge in [-0.1, -0.05) is 23.7 Å². The molecule has 1 aromatic heterocycles. The summed E-state index contributed by atoms with van der Waals surface area (Å²) in [7, 11) is 3.15. The number of nitrogens with one attached hydrogen (secondary N) is 1. The second kappa shape index (κ2) is 8.20. The Kier molecular flexibility index (Phi) is 5.60. The van der Waals surface area contributed by atoms with Crippen molar-refractivity contribution in [3.8, 4) is 22.1 Å². The van der Waals surface area contributed by atoms with E-state index in [0.717, 1.165) is 10.6 Å². The molecule has 2 heterocycles. The zero-order valence-corrected chi connectivity index (χ0v) is 18.7. The van der Waals surface area contributed by atoms with Gasteiger partial charge in [-0.3, -0.25) is 9.69 Å². The molecule has 1 unspecified atom stereocenters. The molecule has 7 nitrogen and oxygen atoms in total. The lowest BCUT2D eigenvalue weighted by atomic mass is 9.92. The maximum Gasteiger partial charge on any atom is 0.325 e. The quantitative estimate of drug-likeness (QED) is 0.553. The van der Waals surface area contributed by atoms with E-state index in [0.29, 0.717) is 27.8 Å². The van der Waals surface area contributed by atoms with E-state index in [1.807, 2.05) is 23.6 Å². The molecule has 1 atom stereocenters. The van der Waals surface area contributed by atoms with Gasteiger partial charge in [0, 0.05) is 16.0 Å². The lowest BCUT2D eigenvalue weighted by Crippen LogP contribution is -2.40. The van der Waals surface area contributed by atoms with Crippen molar-refractivity contribution in [1.29, 1.82) is 0 Å². The van der Waals surface area contributed by atoms with Gasteiger partial charge in [0.05, 0.1) is 26.5 Å². The number of hydrogen-bond acceptors (Lipinski definition) is 6. The SMILES string of the molecule is COc1ccc(-c2nc(CN3C(=O)NC(C)(c4cccc(Cl)c4)C3=O)cs2)cc1OC. The molecule has 1 saturated heterocycles. The van der Waals surface area contributed by atoms with Crippen LogP contribution in [0.2, 0.25) is 5.02 Å². The standard InChI is InChI=1S/C22H20ClN3O4S/c1-22(14-5-4-6-15(23)10-14)20(27)26(21(28)25-22)11-16-12-31-19(24-16)13-7-8-17(29-2)18(9-13)30-3/h4-10,12H,11H2,1-3H3,(H,25,28). The van der Waals surface area contributed by atoms with Crippen molar-refractivity contribution in [1.82, 2.24) is 15.2 Å². The van der Waals surface area contributed by atoms with E-state index in [4.69, 9.17) is 21.1 Å². The number of thiazole rings is 1. The second-order valence-corrected chi connectivity index (χ2v) is 8.47. The largest absolute Gasteiger partial charge is 0.493 e. The van der Waals surface area contributed by atoms with E-state index in [1.54, 1.807) is 45.4 Å². The van der Waals surface area contributed by atoms with Gasteiger partial charge in [0.1, 0.15) is 10.5 Å². The summed E-state index contributed by atoms with van der Waals surface area (Å²) in [5.74, 6) is 0.881. The van der Waals surface area contributed by atoms with Gasteiger partial charge in [0.2, 0.25) is 0 Å². The van der Waals surface area contributed by atoms with Crippen molar-refractivity contribution in [2.75, 3.05) is 14.2 Å². The predicted octanol–water partition coefficient (Wildman–Crippen LogP) is 4.45. The van der Waals surface area contributed by atoms with Crippen LogP contribution in [0.4, 0.5) is 4.79 Å². The first kappa shape index (κ1) is 21.1. The number of carbonyl (C=O) groups is 2. The molecule has 9 heteroatoms. The Balaban J connectivity index is 1.56. The number of rotatable bonds is 6. The molecule has 1 N–H and O–H groups in total. The Morgan fingerprint density at radius 1 is 1.13 bits per heavy atom. The molecule has 2 aromatic carbocycles. The molecule has 1 aliphatic heterocycles. The van der Waals surface area contributed by atoms with Crippen LogP contribution in [0.3, 0.4) is 0 Å². The van der Waals surface area contributed by atoms with E-state index in [-0.39, 0.29) is 12.5 Å². The molecule has 3 aromatic rings. The lowest BCUT2D eigenvalue weighted by molar-refractivity contribution is -0.131. The molecule has 31 heavy (non-hydrogen) atoms. The number of benzene rings is 2. The molecule has 0 radical (unpaired) electrons. The highest BCUT2D eigenvalue weighted by Gasteiger charge is 2.49. The predicted molar refractivity (Wildman–Crippen MR) is 119 cm³/mol. The average Bonchev–Trinajstić information content (AvgIpc) is 3.32. The van der Waals surface area contributed by atoms with Gasteiger partial charge in [0.25, 0.3) is 5.91 Å². The summed E-state index contributed by atoms with van der Waals surface area (Å²) in [6, 6.07) is 12.0. The minimum atomic E-state index is -1.18. The molecule has 0 aliphatic carbocycles. The summed E-state index contributed by atoms with van der Waals surface area (Å²) >= 11 is 7.50. The summed E-state index contributed by atoms with van der Waals surface area (Å²) in [5, 5.41) is 5.87. The highest BCUT2D eigenvalue weighted by molar-refractivity contribution is 7.13. The first-order valence-corrected chi connectivity index (χ1v) is 10.7. The smallest absolute Gasteiger partial charge is 0.325 e. The number of ether oxygens (including phenoxy) is 2. The number of methoxy groups -OCH3 is 2. The van der Waals surface area contributed by atoms with Crippen molar-refractivity contribution in [2.45, 2.75) is 19.0 Å². The number of halogens is 1. The van der Waals surface area contributed by atoms with Crippen LogP contribution in [0, 0.1) is 0 Å². The van der Waals surface area contributed by atoms with Gasteiger partial charge in [-0.2, -0.15) is 0 Å². The fourth-order valence-corrected chi connectivity index (χ4v) is 4.48. The van der Waals surface area contributed by atoms with Crippen molar-refractivity contribution in [2.24, 2.45) is 0 Å². The summed E-state index contributed by atoms with van der Waals surface area (Å²) in [6.07, 6.45) is 0. The van der Waals surface area contributed by atoms with E-state index in [2.05, 4.69) is 10.3 Å². The molecular weight excluding hydrogens is 438 g/mol. The van der Waals surface area contributed by atoms with Gasteiger partial charge in [-0.05, 0) is 42.8 Å². The average molecular weight is 458 g/mol. The first-order valence-electron chi connectivity index (χ1n) is 9.42. The molecule has 0 bridgehead atoms. The van der Waals surface area contributed by atoms with Crippen LogP contribution in [0.1, 0.15) is 18.2 Å². The van der Waals surface area contributed by atoms with Gasteiger partial charge >= 0.3 is 6.03 Å². The fourth-order valence-electron chi connectivity index (χ4n) is 3.48. The zero-order chi connectivity index (χ0) is 22.2. The van der Waals surface area contributed by atoms with Crippen LogP contribution in [-0.2, 0) is 16.9 Å².